The van der Waals surface area contributed by atoms with Crippen LogP contribution in [-0.2, 0) is 4.79 Å². The fourth-order valence-electron chi connectivity index (χ4n) is 2.33. The first-order valence-electron chi connectivity index (χ1n) is 6.99. The van der Waals surface area contributed by atoms with Gasteiger partial charge in [-0.25, -0.2) is 5.43 Å². The lowest BCUT2D eigenvalue weighted by molar-refractivity contribution is -0.124. The Bertz CT molecular complexity index is 405. The van der Waals surface area contributed by atoms with E-state index in [1.807, 2.05) is 18.2 Å². The van der Waals surface area contributed by atoms with Crippen molar-refractivity contribution in [1.82, 2.24) is 16.2 Å². The molecule has 0 bridgehead atoms. The zero-order chi connectivity index (χ0) is 13.7. The number of hydrazine groups is 1. The molecule has 2 unspecified atom stereocenters. The third-order valence-electron chi connectivity index (χ3n) is 3.50. The summed E-state index contributed by atoms with van der Waals surface area (Å²) in [4.78, 5) is 12.2. The first-order valence-corrected chi connectivity index (χ1v) is 6.99. The van der Waals surface area contributed by atoms with E-state index in [9.17, 15) is 4.79 Å². The van der Waals surface area contributed by atoms with Crippen LogP contribution >= 0.6 is 0 Å². The van der Waals surface area contributed by atoms with E-state index in [0.29, 0.717) is 12.5 Å². The first kappa shape index (κ1) is 14.0. The average molecular weight is 261 g/mol. The SMILES string of the molecule is CC(C)CCNC(=O)C1CNNC1c1ccccc1. The fraction of sp³-hybridized carbons (Fsp3) is 0.533. The highest BCUT2D eigenvalue weighted by Crippen LogP contribution is 2.24. The van der Waals surface area contributed by atoms with Crippen LogP contribution < -0.4 is 16.2 Å². The van der Waals surface area contributed by atoms with Crippen LogP contribution in [0.4, 0.5) is 0 Å². The molecule has 1 aliphatic heterocycles. The Morgan fingerprint density at radius 3 is 2.79 bits per heavy atom. The lowest BCUT2D eigenvalue weighted by atomic mass is 9.94. The van der Waals surface area contributed by atoms with Crippen molar-refractivity contribution in [2.75, 3.05) is 13.1 Å². The third kappa shape index (κ3) is 3.78. The van der Waals surface area contributed by atoms with Gasteiger partial charge in [-0.05, 0) is 17.9 Å². The summed E-state index contributed by atoms with van der Waals surface area (Å²) in [7, 11) is 0. The maximum Gasteiger partial charge on any atom is 0.226 e. The smallest absolute Gasteiger partial charge is 0.226 e. The van der Waals surface area contributed by atoms with Crippen LogP contribution in [0.2, 0.25) is 0 Å². The molecule has 1 heterocycles. The summed E-state index contributed by atoms with van der Waals surface area (Å²) in [5.74, 6) is 0.701. The summed E-state index contributed by atoms with van der Waals surface area (Å²) >= 11 is 0. The van der Waals surface area contributed by atoms with Crippen molar-refractivity contribution in [2.24, 2.45) is 11.8 Å². The molecule has 1 aliphatic rings. The molecule has 0 aromatic heterocycles. The van der Waals surface area contributed by atoms with Crippen molar-refractivity contribution in [3.63, 3.8) is 0 Å². The van der Waals surface area contributed by atoms with Gasteiger partial charge in [0.05, 0.1) is 12.0 Å². The highest BCUT2D eigenvalue weighted by Gasteiger charge is 2.33. The maximum absolute atomic E-state index is 12.2. The minimum Gasteiger partial charge on any atom is -0.356 e. The van der Waals surface area contributed by atoms with Crippen molar-refractivity contribution in [2.45, 2.75) is 26.3 Å². The molecule has 4 nitrogen and oxygen atoms in total. The van der Waals surface area contributed by atoms with Crippen molar-refractivity contribution >= 4 is 5.91 Å². The second-order valence-electron chi connectivity index (χ2n) is 5.49. The largest absolute Gasteiger partial charge is 0.356 e. The highest BCUT2D eigenvalue weighted by molar-refractivity contribution is 5.80. The Hall–Kier alpha value is -1.39. The van der Waals surface area contributed by atoms with Crippen molar-refractivity contribution < 1.29 is 4.79 Å². The number of carbonyl (C=O) groups is 1. The Kier molecular flexibility index (Phi) is 4.93. The molecule has 1 aromatic rings. The van der Waals surface area contributed by atoms with Gasteiger partial charge in [0.25, 0.3) is 0 Å². The quantitative estimate of drug-likeness (QED) is 0.755. The van der Waals surface area contributed by atoms with Gasteiger partial charge in [-0.3, -0.25) is 10.2 Å². The number of carbonyl (C=O) groups excluding carboxylic acids is 1. The van der Waals surface area contributed by atoms with Crippen LogP contribution in [0.15, 0.2) is 30.3 Å². The normalized spacial score (nSPS) is 22.7. The number of hydrogen-bond donors (Lipinski definition) is 3. The molecule has 4 heteroatoms. The molecule has 1 saturated heterocycles. The molecule has 0 radical (unpaired) electrons. The average Bonchev–Trinajstić information content (AvgIpc) is 2.88. The fourth-order valence-corrected chi connectivity index (χ4v) is 2.33. The van der Waals surface area contributed by atoms with E-state index >= 15 is 0 Å². The van der Waals surface area contributed by atoms with E-state index in [1.165, 1.54) is 0 Å². The minimum atomic E-state index is -0.0467. The summed E-state index contributed by atoms with van der Waals surface area (Å²) < 4.78 is 0. The summed E-state index contributed by atoms with van der Waals surface area (Å²) in [6.45, 7) is 5.76. The molecule has 3 N–H and O–H groups in total. The summed E-state index contributed by atoms with van der Waals surface area (Å²) in [6, 6.07) is 10.2. The predicted octanol–water partition coefficient (Wildman–Crippen LogP) is 1.61. The standard InChI is InChI=1S/C15H23N3O/c1-11(2)8-9-16-15(19)13-10-17-18-14(13)12-6-4-3-5-7-12/h3-7,11,13-14,17-18H,8-10H2,1-2H3,(H,16,19). The molecular weight excluding hydrogens is 238 g/mol. The lowest BCUT2D eigenvalue weighted by Crippen LogP contribution is -2.35. The number of amides is 1. The summed E-state index contributed by atoms with van der Waals surface area (Å²) in [5.41, 5.74) is 7.43. The Morgan fingerprint density at radius 2 is 2.11 bits per heavy atom. The van der Waals surface area contributed by atoms with E-state index in [0.717, 1.165) is 18.5 Å². The monoisotopic (exact) mass is 261 g/mol. The van der Waals surface area contributed by atoms with Gasteiger partial charge in [0.15, 0.2) is 0 Å². The molecule has 0 saturated carbocycles. The van der Waals surface area contributed by atoms with E-state index < -0.39 is 0 Å². The van der Waals surface area contributed by atoms with Gasteiger partial charge in [-0.2, -0.15) is 0 Å². The molecule has 0 spiro atoms. The molecule has 0 aliphatic carbocycles. The topological polar surface area (TPSA) is 53.2 Å². The molecule has 104 valence electrons. The molecule has 19 heavy (non-hydrogen) atoms. The van der Waals surface area contributed by atoms with E-state index in [-0.39, 0.29) is 17.9 Å². The number of benzene rings is 1. The van der Waals surface area contributed by atoms with Gasteiger partial charge < -0.3 is 5.32 Å². The van der Waals surface area contributed by atoms with Crippen molar-refractivity contribution in [1.29, 1.82) is 0 Å². The highest BCUT2D eigenvalue weighted by atomic mass is 16.2. The van der Waals surface area contributed by atoms with Crippen LogP contribution in [0.3, 0.4) is 0 Å². The zero-order valence-corrected chi connectivity index (χ0v) is 11.6. The number of hydrogen-bond acceptors (Lipinski definition) is 3. The van der Waals surface area contributed by atoms with Crippen LogP contribution in [0.5, 0.6) is 0 Å². The zero-order valence-electron chi connectivity index (χ0n) is 11.6. The summed E-state index contributed by atoms with van der Waals surface area (Å²) in [6.07, 6.45) is 1.02. The number of rotatable bonds is 5. The third-order valence-corrected chi connectivity index (χ3v) is 3.50. The van der Waals surface area contributed by atoms with Crippen LogP contribution in [-0.4, -0.2) is 19.0 Å². The van der Waals surface area contributed by atoms with E-state index in [1.54, 1.807) is 0 Å². The van der Waals surface area contributed by atoms with Gasteiger partial charge in [0.2, 0.25) is 5.91 Å². The van der Waals surface area contributed by atoms with Gasteiger partial charge in [-0.1, -0.05) is 44.2 Å². The van der Waals surface area contributed by atoms with Crippen LogP contribution in [0.1, 0.15) is 31.9 Å². The van der Waals surface area contributed by atoms with Gasteiger partial charge in [0.1, 0.15) is 0 Å². The first-order chi connectivity index (χ1) is 9.18. The predicted molar refractivity (Wildman–Crippen MR) is 76.3 cm³/mol. The Morgan fingerprint density at radius 1 is 1.37 bits per heavy atom. The number of nitrogens with one attached hydrogen (secondary N) is 3. The van der Waals surface area contributed by atoms with Gasteiger partial charge >= 0.3 is 0 Å². The van der Waals surface area contributed by atoms with Crippen LogP contribution in [0, 0.1) is 11.8 Å². The second kappa shape index (κ2) is 6.68. The lowest BCUT2D eigenvalue weighted by Gasteiger charge is -2.18. The Balaban J connectivity index is 1.93. The second-order valence-corrected chi connectivity index (χ2v) is 5.49. The molecule has 1 fully saturated rings. The van der Waals surface area contributed by atoms with Crippen molar-refractivity contribution in [3.8, 4) is 0 Å². The molecule has 1 aromatic carbocycles. The molecule has 2 atom stereocenters. The van der Waals surface area contributed by atoms with Gasteiger partial charge in [-0.15, -0.1) is 0 Å². The van der Waals surface area contributed by atoms with E-state index in [2.05, 4.69) is 42.1 Å². The minimum absolute atomic E-state index is 0.0467. The summed E-state index contributed by atoms with van der Waals surface area (Å²) in [5, 5.41) is 3.04. The Labute approximate surface area is 114 Å². The molecular formula is C15H23N3O. The molecule has 2 rings (SSSR count). The van der Waals surface area contributed by atoms with Crippen LogP contribution in [0.25, 0.3) is 0 Å². The van der Waals surface area contributed by atoms with Crippen molar-refractivity contribution in [3.05, 3.63) is 35.9 Å². The molecule has 1 amide bonds. The maximum atomic E-state index is 12.2. The van der Waals surface area contributed by atoms with Gasteiger partial charge in [0, 0.05) is 13.1 Å². The van der Waals surface area contributed by atoms with E-state index in [4.69, 9.17) is 0 Å².